The maximum absolute atomic E-state index is 12.2. The number of halogens is 1. The number of fused-ring (bicyclic) bond motifs is 1. The number of rotatable bonds is 4. The molecule has 22 heavy (non-hydrogen) atoms. The van der Waals surface area contributed by atoms with Gasteiger partial charge in [0.05, 0.1) is 10.2 Å². The van der Waals surface area contributed by atoms with E-state index >= 15 is 0 Å². The molecule has 0 N–H and O–H groups in total. The number of hydrogen-bond donors (Lipinski definition) is 0. The van der Waals surface area contributed by atoms with Crippen molar-refractivity contribution in [1.29, 1.82) is 0 Å². The molecule has 0 aliphatic rings. The number of ether oxygens (including phenoxy) is 1. The first-order valence-electron chi connectivity index (χ1n) is 6.64. The summed E-state index contributed by atoms with van der Waals surface area (Å²) in [4.78, 5) is 18.2. The van der Waals surface area contributed by atoms with Crippen molar-refractivity contribution in [3.63, 3.8) is 0 Å². The van der Waals surface area contributed by atoms with Gasteiger partial charge in [-0.25, -0.2) is 4.98 Å². The van der Waals surface area contributed by atoms with E-state index in [0.29, 0.717) is 10.9 Å². The van der Waals surface area contributed by atoms with E-state index < -0.39 is 0 Å². The first kappa shape index (κ1) is 15.2. The van der Waals surface area contributed by atoms with Crippen molar-refractivity contribution in [2.24, 2.45) is 0 Å². The summed E-state index contributed by atoms with van der Waals surface area (Å²) in [5.41, 5.74) is 0.903. The minimum absolute atomic E-state index is 0.00693. The predicted molar refractivity (Wildman–Crippen MR) is 97.7 cm³/mol. The molecule has 0 aliphatic carbocycles. The summed E-state index contributed by atoms with van der Waals surface area (Å²) in [6.45, 7) is -0.00693. The Labute approximate surface area is 145 Å². The molecule has 3 aromatic rings. The van der Waals surface area contributed by atoms with Crippen molar-refractivity contribution in [3.05, 3.63) is 52.1 Å². The molecule has 0 atom stereocenters. The molecule has 112 valence electrons. The Morgan fingerprint density at radius 1 is 1.23 bits per heavy atom. The highest BCUT2D eigenvalue weighted by atomic mass is 127. The lowest BCUT2D eigenvalue weighted by Gasteiger charge is -2.14. The van der Waals surface area contributed by atoms with E-state index in [-0.39, 0.29) is 12.5 Å². The Morgan fingerprint density at radius 2 is 1.95 bits per heavy atom. The summed E-state index contributed by atoms with van der Waals surface area (Å²) in [5, 5.41) is 0.678. The molecule has 0 fully saturated rings. The highest BCUT2D eigenvalue weighted by Gasteiger charge is 2.15. The standard InChI is InChI=1S/C16H13IN2O2S/c1-19(16-18-13-4-2-3-5-14(13)22-16)15(20)10-21-12-8-6-11(17)7-9-12/h2-9H,10H2,1H3. The number of hydrogen-bond acceptors (Lipinski definition) is 4. The SMILES string of the molecule is CN(C(=O)COc1ccc(I)cc1)c1nc2ccccc2s1. The molecule has 1 amide bonds. The molecule has 1 heterocycles. The third-order valence-electron chi connectivity index (χ3n) is 3.12. The van der Waals surface area contributed by atoms with Gasteiger partial charge in [0, 0.05) is 10.6 Å². The molecule has 0 unspecified atom stereocenters. The van der Waals surface area contributed by atoms with Crippen LogP contribution in [0.4, 0.5) is 5.13 Å². The van der Waals surface area contributed by atoms with Gasteiger partial charge in [0.25, 0.3) is 5.91 Å². The molecule has 0 bridgehead atoms. The lowest BCUT2D eigenvalue weighted by atomic mass is 10.3. The Hall–Kier alpha value is -1.67. The van der Waals surface area contributed by atoms with Gasteiger partial charge in [0.15, 0.2) is 11.7 Å². The van der Waals surface area contributed by atoms with Crippen molar-refractivity contribution < 1.29 is 9.53 Å². The molecule has 3 rings (SSSR count). The first-order chi connectivity index (χ1) is 10.6. The summed E-state index contributed by atoms with van der Waals surface area (Å²) in [5.74, 6) is 0.559. The normalized spacial score (nSPS) is 10.6. The van der Waals surface area contributed by atoms with Gasteiger partial charge in [-0.15, -0.1) is 0 Å². The number of benzene rings is 2. The number of anilines is 1. The van der Waals surface area contributed by atoms with Crippen LogP contribution in [0.25, 0.3) is 10.2 Å². The number of carbonyl (C=O) groups excluding carboxylic acids is 1. The molecule has 1 aromatic heterocycles. The van der Waals surface area contributed by atoms with Gasteiger partial charge in [-0.1, -0.05) is 23.5 Å². The minimum atomic E-state index is -0.127. The van der Waals surface area contributed by atoms with Crippen LogP contribution in [0.3, 0.4) is 0 Å². The van der Waals surface area contributed by atoms with E-state index in [2.05, 4.69) is 27.6 Å². The molecule has 0 radical (unpaired) electrons. The van der Waals surface area contributed by atoms with E-state index in [9.17, 15) is 4.79 Å². The molecule has 6 heteroatoms. The number of carbonyl (C=O) groups is 1. The summed E-state index contributed by atoms with van der Waals surface area (Å²) in [6, 6.07) is 15.4. The smallest absolute Gasteiger partial charge is 0.266 e. The van der Waals surface area contributed by atoms with Crippen LogP contribution in [0.1, 0.15) is 0 Å². The summed E-state index contributed by atoms with van der Waals surface area (Å²) in [6.07, 6.45) is 0. The van der Waals surface area contributed by atoms with E-state index in [4.69, 9.17) is 4.74 Å². The molecule has 0 saturated carbocycles. The Bertz CT molecular complexity index is 768. The average Bonchev–Trinajstić information content (AvgIpc) is 2.97. The molecular weight excluding hydrogens is 411 g/mol. The van der Waals surface area contributed by atoms with Gasteiger partial charge in [-0.05, 0) is 59.0 Å². The first-order valence-corrected chi connectivity index (χ1v) is 8.53. The highest BCUT2D eigenvalue weighted by molar-refractivity contribution is 14.1. The monoisotopic (exact) mass is 424 g/mol. The number of likely N-dealkylation sites (N-methyl/N-ethyl adjacent to an activating group) is 1. The van der Waals surface area contributed by atoms with Crippen LogP contribution >= 0.6 is 33.9 Å². The number of amides is 1. The van der Waals surface area contributed by atoms with Crippen molar-refractivity contribution in [3.8, 4) is 5.75 Å². The van der Waals surface area contributed by atoms with Gasteiger partial charge in [-0.2, -0.15) is 0 Å². The van der Waals surface area contributed by atoms with Gasteiger partial charge < -0.3 is 4.74 Å². The van der Waals surface area contributed by atoms with Crippen LogP contribution in [0.2, 0.25) is 0 Å². The van der Waals surface area contributed by atoms with Gasteiger partial charge in [0.2, 0.25) is 0 Å². The third kappa shape index (κ3) is 3.38. The number of thiazole rings is 1. The number of para-hydroxylation sites is 1. The van der Waals surface area contributed by atoms with Crippen LogP contribution in [0.15, 0.2) is 48.5 Å². The van der Waals surface area contributed by atoms with Gasteiger partial charge >= 0.3 is 0 Å². The van der Waals surface area contributed by atoms with Crippen LogP contribution < -0.4 is 9.64 Å². The topological polar surface area (TPSA) is 42.4 Å². The van der Waals surface area contributed by atoms with Crippen LogP contribution in [-0.2, 0) is 4.79 Å². The molecule has 0 spiro atoms. The molecule has 2 aromatic carbocycles. The van der Waals surface area contributed by atoms with E-state index in [0.717, 1.165) is 13.8 Å². The maximum Gasteiger partial charge on any atom is 0.266 e. The Balaban J connectivity index is 1.67. The average molecular weight is 424 g/mol. The van der Waals surface area contributed by atoms with Crippen LogP contribution in [-0.4, -0.2) is 24.5 Å². The fourth-order valence-electron chi connectivity index (χ4n) is 1.88. The van der Waals surface area contributed by atoms with E-state index in [1.165, 1.54) is 16.2 Å². The largest absolute Gasteiger partial charge is 0.484 e. The fourth-order valence-corrected chi connectivity index (χ4v) is 3.19. The van der Waals surface area contributed by atoms with Crippen LogP contribution in [0.5, 0.6) is 5.75 Å². The van der Waals surface area contributed by atoms with E-state index in [1.807, 2.05) is 48.5 Å². The molecular formula is C16H13IN2O2S. The minimum Gasteiger partial charge on any atom is -0.484 e. The molecule has 0 aliphatic heterocycles. The maximum atomic E-state index is 12.2. The fraction of sp³-hybridized carbons (Fsp3) is 0.125. The lowest BCUT2D eigenvalue weighted by Crippen LogP contribution is -2.31. The van der Waals surface area contributed by atoms with Crippen LogP contribution in [0, 0.1) is 3.57 Å². The summed E-state index contributed by atoms with van der Waals surface area (Å²) < 4.78 is 7.71. The van der Waals surface area contributed by atoms with Crippen molar-refractivity contribution >= 4 is 55.2 Å². The van der Waals surface area contributed by atoms with Crippen molar-refractivity contribution in [2.75, 3.05) is 18.6 Å². The molecule has 0 saturated heterocycles. The van der Waals surface area contributed by atoms with Crippen molar-refractivity contribution in [2.45, 2.75) is 0 Å². The predicted octanol–water partition coefficient (Wildman–Crippen LogP) is 3.94. The number of aromatic nitrogens is 1. The molecule has 4 nitrogen and oxygen atoms in total. The zero-order valence-corrected chi connectivity index (χ0v) is 14.8. The lowest BCUT2D eigenvalue weighted by molar-refractivity contribution is -0.120. The second-order valence-electron chi connectivity index (χ2n) is 4.66. The van der Waals surface area contributed by atoms with Gasteiger partial charge in [-0.3, -0.25) is 9.69 Å². The second-order valence-corrected chi connectivity index (χ2v) is 6.91. The van der Waals surface area contributed by atoms with Gasteiger partial charge in [0.1, 0.15) is 5.75 Å². The Morgan fingerprint density at radius 3 is 2.68 bits per heavy atom. The zero-order chi connectivity index (χ0) is 15.5. The van der Waals surface area contributed by atoms with Crippen molar-refractivity contribution in [1.82, 2.24) is 4.98 Å². The third-order valence-corrected chi connectivity index (χ3v) is 4.95. The summed E-state index contributed by atoms with van der Waals surface area (Å²) in [7, 11) is 1.72. The summed E-state index contributed by atoms with van der Waals surface area (Å²) >= 11 is 3.72. The second kappa shape index (κ2) is 6.62. The van der Waals surface area contributed by atoms with E-state index in [1.54, 1.807) is 7.05 Å². The highest BCUT2D eigenvalue weighted by Crippen LogP contribution is 2.27. The Kier molecular flexibility index (Phi) is 4.58. The zero-order valence-electron chi connectivity index (χ0n) is 11.8. The number of nitrogens with zero attached hydrogens (tertiary/aromatic N) is 2. The quantitative estimate of drug-likeness (QED) is 0.596.